The molecule has 0 atom stereocenters. The maximum absolute atomic E-state index is 6.07. The summed E-state index contributed by atoms with van der Waals surface area (Å²) in [5.74, 6) is 1.80. The fraction of sp³-hybridized carbons (Fsp3) is 0.238. The average Bonchev–Trinajstić information content (AvgIpc) is 2.93. The van der Waals surface area contributed by atoms with Gasteiger partial charge >= 0.3 is 0 Å². The Balaban J connectivity index is 1.44. The number of guanidine groups is 1. The van der Waals surface area contributed by atoms with E-state index >= 15 is 0 Å². The lowest BCUT2D eigenvalue weighted by atomic mass is 10.2. The minimum atomic E-state index is 0.335. The molecule has 0 unspecified atom stereocenters. The van der Waals surface area contributed by atoms with E-state index in [-0.39, 0.29) is 0 Å². The zero-order valence-corrected chi connectivity index (χ0v) is 15.8. The van der Waals surface area contributed by atoms with Gasteiger partial charge in [-0.3, -0.25) is 0 Å². The quantitative estimate of drug-likeness (QED) is 0.538. The van der Waals surface area contributed by atoms with Gasteiger partial charge in [-0.05, 0) is 31.2 Å². The molecule has 0 saturated carbocycles. The summed E-state index contributed by atoms with van der Waals surface area (Å²) in [7, 11) is 0. The van der Waals surface area contributed by atoms with Crippen LogP contribution in [0.25, 0.3) is 5.69 Å². The van der Waals surface area contributed by atoms with Crippen LogP contribution in [0, 0.1) is 6.92 Å². The van der Waals surface area contributed by atoms with Crippen LogP contribution in [0.15, 0.2) is 59.7 Å². The molecule has 7 nitrogen and oxygen atoms in total. The van der Waals surface area contributed by atoms with Gasteiger partial charge in [0.05, 0.1) is 31.1 Å². The summed E-state index contributed by atoms with van der Waals surface area (Å²) >= 11 is 0. The zero-order valence-electron chi connectivity index (χ0n) is 15.8. The molecule has 1 aromatic heterocycles. The Kier molecular flexibility index (Phi) is 5.14. The second-order valence-electron chi connectivity index (χ2n) is 6.56. The van der Waals surface area contributed by atoms with E-state index in [0.717, 1.165) is 40.6 Å². The summed E-state index contributed by atoms with van der Waals surface area (Å²) < 4.78 is 13.2. The van der Waals surface area contributed by atoms with Crippen LogP contribution in [0.5, 0.6) is 11.5 Å². The van der Waals surface area contributed by atoms with E-state index in [2.05, 4.69) is 15.4 Å². The Morgan fingerprint density at radius 3 is 2.75 bits per heavy atom. The van der Waals surface area contributed by atoms with Crippen molar-refractivity contribution in [3.63, 3.8) is 0 Å². The van der Waals surface area contributed by atoms with E-state index in [0.29, 0.717) is 25.7 Å². The fourth-order valence-electron chi connectivity index (χ4n) is 2.96. The summed E-state index contributed by atoms with van der Waals surface area (Å²) in [6.45, 7) is 3.73. The Labute approximate surface area is 163 Å². The van der Waals surface area contributed by atoms with Crippen LogP contribution < -0.4 is 20.5 Å². The molecule has 0 amide bonds. The van der Waals surface area contributed by atoms with Crippen LogP contribution in [-0.2, 0) is 6.54 Å². The molecule has 3 N–H and O–H groups in total. The fourth-order valence-corrected chi connectivity index (χ4v) is 2.96. The lowest BCUT2D eigenvalue weighted by molar-refractivity contribution is 0.297. The second-order valence-corrected chi connectivity index (χ2v) is 6.56. The highest BCUT2D eigenvalue weighted by Gasteiger charge is 2.11. The Morgan fingerprint density at radius 1 is 1.14 bits per heavy atom. The predicted octanol–water partition coefficient (Wildman–Crippen LogP) is 3.27. The molecule has 0 spiro atoms. The molecule has 0 radical (unpaired) electrons. The van der Waals surface area contributed by atoms with Gasteiger partial charge in [-0.1, -0.05) is 18.2 Å². The molecule has 7 heteroatoms. The predicted molar refractivity (Wildman–Crippen MR) is 109 cm³/mol. The van der Waals surface area contributed by atoms with Crippen LogP contribution in [0.3, 0.4) is 0 Å². The van der Waals surface area contributed by atoms with Gasteiger partial charge in [0, 0.05) is 29.9 Å². The molecule has 3 aromatic rings. The first-order valence-electron chi connectivity index (χ1n) is 9.26. The molecule has 0 fully saturated rings. The molecule has 0 aliphatic carbocycles. The van der Waals surface area contributed by atoms with E-state index in [1.807, 2.05) is 66.3 Å². The molecule has 0 saturated heterocycles. The number of aromatic nitrogens is 2. The lowest BCUT2D eigenvalue weighted by Gasteiger charge is -2.10. The van der Waals surface area contributed by atoms with Crippen molar-refractivity contribution in [1.29, 1.82) is 0 Å². The number of anilines is 1. The molecule has 2 aromatic carbocycles. The molecule has 28 heavy (non-hydrogen) atoms. The number of benzene rings is 2. The standard InChI is InChI=1S/C21H23N5O2/c1-15-16(14-26(25-15)18-6-3-2-4-7-18)13-23-21(22)24-17-8-9-19-20(12-17)28-11-5-10-27-19/h2-4,6-9,12,14H,5,10-11,13H2,1H3,(H3,22,23,24). The van der Waals surface area contributed by atoms with Crippen molar-refractivity contribution >= 4 is 11.6 Å². The van der Waals surface area contributed by atoms with Gasteiger partial charge in [0.25, 0.3) is 0 Å². The molecule has 1 aliphatic heterocycles. The maximum Gasteiger partial charge on any atom is 0.193 e. The van der Waals surface area contributed by atoms with E-state index in [9.17, 15) is 0 Å². The van der Waals surface area contributed by atoms with Gasteiger partial charge in [-0.25, -0.2) is 9.67 Å². The number of fused-ring (bicyclic) bond motifs is 1. The molecule has 144 valence electrons. The first kappa shape index (κ1) is 17.9. The number of nitrogens with one attached hydrogen (secondary N) is 1. The van der Waals surface area contributed by atoms with Gasteiger partial charge in [0.15, 0.2) is 17.5 Å². The summed E-state index contributed by atoms with van der Waals surface area (Å²) in [6, 6.07) is 15.6. The Bertz CT molecular complexity index is 982. The smallest absolute Gasteiger partial charge is 0.193 e. The lowest BCUT2D eigenvalue weighted by Crippen LogP contribution is -2.22. The van der Waals surface area contributed by atoms with Crippen molar-refractivity contribution in [3.8, 4) is 17.2 Å². The minimum Gasteiger partial charge on any atom is -0.490 e. The van der Waals surface area contributed by atoms with E-state index in [4.69, 9.17) is 15.2 Å². The zero-order chi connectivity index (χ0) is 19.3. The summed E-state index contributed by atoms with van der Waals surface area (Å²) in [4.78, 5) is 4.45. The summed E-state index contributed by atoms with van der Waals surface area (Å²) in [5, 5.41) is 7.66. The average molecular weight is 377 g/mol. The maximum atomic E-state index is 6.07. The topological polar surface area (TPSA) is 86.7 Å². The molecular formula is C21H23N5O2. The first-order valence-corrected chi connectivity index (χ1v) is 9.26. The number of nitrogens with two attached hydrogens (primary N) is 1. The number of para-hydroxylation sites is 1. The third-order valence-electron chi connectivity index (χ3n) is 4.46. The molecule has 4 rings (SSSR count). The van der Waals surface area contributed by atoms with Crippen molar-refractivity contribution in [3.05, 3.63) is 66.0 Å². The number of ether oxygens (including phenoxy) is 2. The van der Waals surface area contributed by atoms with Crippen molar-refractivity contribution < 1.29 is 9.47 Å². The van der Waals surface area contributed by atoms with Crippen LogP contribution in [0.4, 0.5) is 5.69 Å². The van der Waals surface area contributed by atoms with Crippen molar-refractivity contribution in [2.24, 2.45) is 10.7 Å². The van der Waals surface area contributed by atoms with Crippen LogP contribution in [0.1, 0.15) is 17.7 Å². The van der Waals surface area contributed by atoms with Gasteiger partial charge in [-0.15, -0.1) is 0 Å². The van der Waals surface area contributed by atoms with Crippen LogP contribution in [-0.4, -0.2) is 29.0 Å². The van der Waals surface area contributed by atoms with Gasteiger partial charge < -0.3 is 20.5 Å². The van der Waals surface area contributed by atoms with Gasteiger partial charge in [0.2, 0.25) is 0 Å². The number of hydrogen-bond acceptors (Lipinski definition) is 4. The summed E-state index contributed by atoms with van der Waals surface area (Å²) in [6.07, 6.45) is 2.85. The van der Waals surface area contributed by atoms with Crippen LogP contribution >= 0.6 is 0 Å². The molecular weight excluding hydrogens is 354 g/mol. The summed E-state index contributed by atoms with van der Waals surface area (Å²) in [5.41, 5.74) is 9.84. The van der Waals surface area contributed by atoms with Gasteiger partial charge in [-0.2, -0.15) is 5.10 Å². The number of nitrogens with zero attached hydrogens (tertiary/aromatic N) is 3. The highest BCUT2D eigenvalue weighted by molar-refractivity contribution is 5.92. The number of aryl methyl sites for hydroxylation is 1. The first-order chi connectivity index (χ1) is 13.7. The second kappa shape index (κ2) is 8.04. The van der Waals surface area contributed by atoms with Crippen molar-refractivity contribution in [2.45, 2.75) is 19.9 Å². The minimum absolute atomic E-state index is 0.335. The highest BCUT2D eigenvalue weighted by atomic mass is 16.5. The van der Waals surface area contributed by atoms with Crippen LogP contribution in [0.2, 0.25) is 0 Å². The third kappa shape index (κ3) is 4.09. The monoisotopic (exact) mass is 377 g/mol. The normalized spacial score (nSPS) is 13.8. The Morgan fingerprint density at radius 2 is 1.93 bits per heavy atom. The van der Waals surface area contributed by atoms with E-state index in [1.54, 1.807) is 0 Å². The van der Waals surface area contributed by atoms with Crippen molar-refractivity contribution in [1.82, 2.24) is 9.78 Å². The SMILES string of the molecule is Cc1nn(-c2ccccc2)cc1CN=C(N)Nc1ccc2c(c1)OCCCO2. The largest absolute Gasteiger partial charge is 0.490 e. The highest BCUT2D eigenvalue weighted by Crippen LogP contribution is 2.32. The molecule has 2 heterocycles. The number of rotatable bonds is 4. The number of hydrogen-bond donors (Lipinski definition) is 2. The van der Waals surface area contributed by atoms with E-state index < -0.39 is 0 Å². The van der Waals surface area contributed by atoms with Gasteiger partial charge in [0.1, 0.15) is 0 Å². The van der Waals surface area contributed by atoms with E-state index in [1.165, 1.54) is 0 Å². The Hall–Kier alpha value is -3.48. The molecule has 1 aliphatic rings. The number of aliphatic imine (C=N–C) groups is 1. The third-order valence-corrected chi connectivity index (χ3v) is 4.46. The van der Waals surface area contributed by atoms with Crippen molar-refractivity contribution in [2.75, 3.05) is 18.5 Å². The molecule has 0 bridgehead atoms.